The number of benzene rings is 1. The fourth-order valence-electron chi connectivity index (χ4n) is 3.60. The van der Waals surface area contributed by atoms with Gasteiger partial charge in [-0.1, -0.05) is 36.2 Å². The number of thioether (sulfide) groups is 1. The van der Waals surface area contributed by atoms with Crippen LogP contribution in [0.1, 0.15) is 49.6 Å². The van der Waals surface area contributed by atoms with Crippen LogP contribution in [-0.2, 0) is 5.75 Å². The van der Waals surface area contributed by atoms with E-state index < -0.39 is 0 Å². The number of nitrogens with zero attached hydrogens (tertiary/aromatic N) is 4. The summed E-state index contributed by atoms with van der Waals surface area (Å²) in [5.41, 5.74) is 1.97. The third kappa shape index (κ3) is 4.03. The summed E-state index contributed by atoms with van der Waals surface area (Å²) in [6.07, 6.45) is 6.19. The molecule has 1 fully saturated rings. The van der Waals surface area contributed by atoms with Crippen molar-refractivity contribution >= 4 is 11.8 Å². The quantitative estimate of drug-likeness (QED) is 0.554. The lowest BCUT2D eigenvalue weighted by Crippen LogP contribution is -2.15. The zero-order chi connectivity index (χ0) is 18.6. The number of hydrogen-bond donors (Lipinski definition) is 0. The topological polar surface area (TPSA) is 66.0 Å². The Morgan fingerprint density at radius 3 is 2.59 bits per heavy atom. The van der Waals surface area contributed by atoms with Crippen LogP contribution in [0.25, 0.3) is 11.4 Å². The molecule has 2 aromatic heterocycles. The predicted molar refractivity (Wildman–Crippen MR) is 105 cm³/mol. The van der Waals surface area contributed by atoms with Crippen molar-refractivity contribution in [1.82, 2.24) is 19.9 Å². The fraction of sp³-hybridized carbons (Fsp3) is 0.450. The molecule has 27 heavy (non-hydrogen) atoms. The molecule has 6 nitrogen and oxygen atoms in total. The Bertz CT molecular complexity index is 882. The molecule has 1 aliphatic carbocycles. The van der Waals surface area contributed by atoms with Crippen molar-refractivity contribution in [2.75, 3.05) is 7.11 Å². The molecule has 0 amide bonds. The molecule has 1 saturated carbocycles. The minimum Gasteiger partial charge on any atom is -0.497 e. The van der Waals surface area contributed by atoms with Crippen LogP contribution in [0.2, 0.25) is 0 Å². The van der Waals surface area contributed by atoms with E-state index in [0.717, 1.165) is 33.7 Å². The van der Waals surface area contributed by atoms with E-state index in [-0.39, 0.29) is 0 Å². The number of aryl methyl sites for hydroxylation is 1. The van der Waals surface area contributed by atoms with Crippen molar-refractivity contribution in [3.8, 4) is 17.1 Å². The smallest absolute Gasteiger partial charge is 0.192 e. The van der Waals surface area contributed by atoms with E-state index in [0.29, 0.717) is 11.8 Å². The van der Waals surface area contributed by atoms with Crippen molar-refractivity contribution in [2.24, 2.45) is 0 Å². The molecule has 142 valence electrons. The van der Waals surface area contributed by atoms with Crippen LogP contribution in [0.15, 0.2) is 40.0 Å². The number of methoxy groups -OCH3 is 1. The van der Waals surface area contributed by atoms with E-state index in [1.165, 1.54) is 32.1 Å². The van der Waals surface area contributed by atoms with Gasteiger partial charge in [-0.2, -0.15) is 0 Å². The molecule has 2 heterocycles. The Balaban J connectivity index is 1.64. The van der Waals surface area contributed by atoms with E-state index >= 15 is 0 Å². The second-order valence-electron chi connectivity index (χ2n) is 6.92. The molecule has 0 atom stereocenters. The van der Waals surface area contributed by atoms with Gasteiger partial charge in [-0.15, -0.1) is 10.2 Å². The summed E-state index contributed by atoms with van der Waals surface area (Å²) >= 11 is 1.66. The van der Waals surface area contributed by atoms with Crippen molar-refractivity contribution in [1.29, 1.82) is 0 Å². The first-order valence-electron chi connectivity index (χ1n) is 9.39. The number of ether oxygens (including phenoxy) is 1. The maximum Gasteiger partial charge on any atom is 0.192 e. The molecule has 0 aliphatic heterocycles. The summed E-state index contributed by atoms with van der Waals surface area (Å²) in [5.74, 6) is 3.34. The maximum absolute atomic E-state index is 5.35. The summed E-state index contributed by atoms with van der Waals surface area (Å²) in [7, 11) is 1.68. The Kier molecular flexibility index (Phi) is 5.48. The van der Waals surface area contributed by atoms with E-state index in [9.17, 15) is 0 Å². The second kappa shape index (κ2) is 8.17. The highest BCUT2D eigenvalue weighted by Crippen LogP contribution is 2.36. The van der Waals surface area contributed by atoms with Crippen LogP contribution in [0.3, 0.4) is 0 Å². The molecule has 0 spiro atoms. The SMILES string of the molecule is COc1ccc(-c2nnc(SCc3cc(C)no3)n2C2CCCCC2)cc1. The van der Waals surface area contributed by atoms with Gasteiger partial charge in [0.05, 0.1) is 18.6 Å². The van der Waals surface area contributed by atoms with Crippen molar-refractivity contribution in [3.63, 3.8) is 0 Å². The van der Waals surface area contributed by atoms with Gasteiger partial charge in [0, 0.05) is 17.7 Å². The monoisotopic (exact) mass is 384 g/mol. The Morgan fingerprint density at radius 2 is 1.93 bits per heavy atom. The van der Waals surface area contributed by atoms with Gasteiger partial charge in [-0.3, -0.25) is 4.57 Å². The van der Waals surface area contributed by atoms with Crippen LogP contribution >= 0.6 is 11.8 Å². The molecule has 4 rings (SSSR count). The van der Waals surface area contributed by atoms with Gasteiger partial charge in [0.25, 0.3) is 0 Å². The Morgan fingerprint density at radius 1 is 1.15 bits per heavy atom. The van der Waals surface area contributed by atoms with Crippen molar-refractivity contribution < 1.29 is 9.26 Å². The number of hydrogen-bond acceptors (Lipinski definition) is 6. The van der Waals surface area contributed by atoms with Crippen molar-refractivity contribution in [3.05, 3.63) is 41.8 Å². The van der Waals surface area contributed by atoms with Gasteiger partial charge in [-0.05, 0) is 44.0 Å². The van der Waals surface area contributed by atoms with Crippen LogP contribution in [-0.4, -0.2) is 27.0 Å². The predicted octanol–water partition coefficient (Wildman–Crippen LogP) is 5.05. The summed E-state index contributed by atoms with van der Waals surface area (Å²) in [4.78, 5) is 0. The zero-order valence-corrected chi connectivity index (χ0v) is 16.5. The molecule has 0 saturated heterocycles. The average Bonchev–Trinajstić information content (AvgIpc) is 3.33. The zero-order valence-electron chi connectivity index (χ0n) is 15.7. The fourth-order valence-corrected chi connectivity index (χ4v) is 4.48. The first kappa shape index (κ1) is 18.1. The molecule has 3 aromatic rings. The van der Waals surface area contributed by atoms with Crippen LogP contribution in [0.4, 0.5) is 0 Å². The molecular weight excluding hydrogens is 360 g/mol. The number of aromatic nitrogens is 4. The molecule has 1 aliphatic rings. The third-order valence-corrected chi connectivity index (χ3v) is 5.94. The molecule has 0 radical (unpaired) electrons. The normalized spacial score (nSPS) is 15.2. The van der Waals surface area contributed by atoms with Gasteiger partial charge in [0.2, 0.25) is 0 Å². The van der Waals surface area contributed by atoms with E-state index in [1.807, 2.05) is 25.1 Å². The number of rotatable bonds is 6. The molecule has 0 bridgehead atoms. The van der Waals surface area contributed by atoms with Crippen LogP contribution in [0.5, 0.6) is 5.75 Å². The van der Waals surface area contributed by atoms with Crippen LogP contribution in [0, 0.1) is 6.92 Å². The lowest BCUT2D eigenvalue weighted by molar-refractivity contribution is 0.339. The highest BCUT2D eigenvalue weighted by molar-refractivity contribution is 7.98. The summed E-state index contributed by atoms with van der Waals surface area (Å²) < 4.78 is 13.0. The molecule has 0 unspecified atom stereocenters. The van der Waals surface area contributed by atoms with E-state index in [2.05, 4.69) is 32.1 Å². The highest BCUT2D eigenvalue weighted by Gasteiger charge is 2.24. The summed E-state index contributed by atoms with van der Waals surface area (Å²) in [6.45, 7) is 1.93. The second-order valence-corrected chi connectivity index (χ2v) is 7.86. The molecule has 7 heteroatoms. The average molecular weight is 385 g/mol. The Labute approximate surface area is 163 Å². The van der Waals surface area contributed by atoms with Gasteiger partial charge in [0.15, 0.2) is 11.0 Å². The summed E-state index contributed by atoms with van der Waals surface area (Å²) in [5, 5.41) is 14.0. The highest BCUT2D eigenvalue weighted by atomic mass is 32.2. The van der Waals surface area contributed by atoms with Gasteiger partial charge in [-0.25, -0.2) is 0 Å². The minimum atomic E-state index is 0.449. The largest absolute Gasteiger partial charge is 0.497 e. The van der Waals surface area contributed by atoms with E-state index in [1.54, 1.807) is 18.9 Å². The standard InChI is InChI=1S/C20H24N4O2S/c1-14-12-18(26-23-14)13-27-20-22-21-19(15-8-10-17(25-2)11-9-15)24(20)16-6-4-3-5-7-16/h8-12,16H,3-7,13H2,1-2H3. The lowest BCUT2D eigenvalue weighted by atomic mass is 9.95. The summed E-state index contributed by atoms with van der Waals surface area (Å²) in [6, 6.07) is 10.5. The van der Waals surface area contributed by atoms with Gasteiger partial charge in [0.1, 0.15) is 11.5 Å². The first-order chi connectivity index (χ1) is 13.2. The third-order valence-electron chi connectivity index (χ3n) is 4.97. The lowest BCUT2D eigenvalue weighted by Gasteiger charge is -2.25. The van der Waals surface area contributed by atoms with Crippen molar-refractivity contribution in [2.45, 2.75) is 56.0 Å². The maximum atomic E-state index is 5.35. The molecule has 1 aromatic carbocycles. The van der Waals surface area contributed by atoms with Gasteiger partial charge < -0.3 is 9.26 Å². The molecule has 0 N–H and O–H groups in total. The van der Waals surface area contributed by atoms with Crippen LogP contribution < -0.4 is 4.74 Å². The Hall–Kier alpha value is -2.28. The van der Waals surface area contributed by atoms with Gasteiger partial charge >= 0.3 is 0 Å². The first-order valence-corrected chi connectivity index (χ1v) is 10.4. The van der Waals surface area contributed by atoms with E-state index in [4.69, 9.17) is 9.26 Å². The minimum absolute atomic E-state index is 0.449. The molecular formula is C20H24N4O2S.